The van der Waals surface area contributed by atoms with E-state index in [4.69, 9.17) is 14.7 Å². The summed E-state index contributed by atoms with van der Waals surface area (Å²) < 4.78 is 9.92. The molecule has 1 N–H and O–H groups in total. The Kier molecular flexibility index (Phi) is 7.06. The molecule has 0 aliphatic heterocycles. The molecule has 0 spiro atoms. The lowest BCUT2D eigenvalue weighted by Gasteiger charge is -2.24. The third kappa shape index (κ3) is 4.57. The van der Waals surface area contributed by atoms with Gasteiger partial charge in [0.15, 0.2) is 6.10 Å². The van der Waals surface area contributed by atoms with Crippen LogP contribution in [0.25, 0.3) is 0 Å². The quantitative estimate of drug-likeness (QED) is 0.773. The molecule has 6 heteroatoms. The number of carbonyl (C=O) groups excluding carboxylic acids is 2. The summed E-state index contributed by atoms with van der Waals surface area (Å²) in [6.45, 7) is 1.70. The predicted molar refractivity (Wildman–Crippen MR) is 79.5 cm³/mol. The molecule has 3 atom stereocenters. The zero-order valence-electron chi connectivity index (χ0n) is 12.9. The van der Waals surface area contributed by atoms with E-state index in [1.165, 1.54) is 14.2 Å². The van der Waals surface area contributed by atoms with Crippen molar-refractivity contribution in [3.05, 3.63) is 35.9 Å². The number of nitrogens with zero attached hydrogens (tertiary/aromatic N) is 1. The number of nitriles is 1. The van der Waals surface area contributed by atoms with Gasteiger partial charge < -0.3 is 14.8 Å². The monoisotopic (exact) mass is 304 g/mol. The highest BCUT2D eigenvalue weighted by atomic mass is 16.5. The van der Waals surface area contributed by atoms with Crippen LogP contribution in [0.2, 0.25) is 0 Å². The fraction of sp³-hybridized carbons (Fsp3) is 0.438. The molecule has 1 aromatic carbocycles. The second-order valence-corrected chi connectivity index (χ2v) is 4.88. The van der Waals surface area contributed by atoms with Gasteiger partial charge in [0.1, 0.15) is 6.04 Å². The molecule has 0 saturated heterocycles. The molecule has 0 fully saturated rings. The minimum absolute atomic E-state index is 0.128. The third-order valence-electron chi connectivity index (χ3n) is 3.31. The molecule has 0 bridgehead atoms. The Bertz CT molecular complexity index is 539. The second-order valence-electron chi connectivity index (χ2n) is 4.88. The van der Waals surface area contributed by atoms with Crippen molar-refractivity contribution in [2.75, 3.05) is 14.2 Å². The van der Waals surface area contributed by atoms with Crippen molar-refractivity contribution in [1.29, 1.82) is 5.26 Å². The van der Waals surface area contributed by atoms with Gasteiger partial charge in [-0.25, -0.2) is 4.79 Å². The highest BCUT2D eigenvalue weighted by molar-refractivity contribution is 5.87. The maximum Gasteiger partial charge on any atom is 0.328 e. The Balaban J connectivity index is 2.89. The van der Waals surface area contributed by atoms with Crippen LogP contribution in [0.4, 0.5) is 0 Å². The summed E-state index contributed by atoms with van der Waals surface area (Å²) >= 11 is 0. The highest BCUT2D eigenvalue weighted by Gasteiger charge is 2.31. The van der Waals surface area contributed by atoms with Crippen molar-refractivity contribution in [2.24, 2.45) is 5.92 Å². The first-order valence-corrected chi connectivity index (χ1v) is 6.88. The van der Waals surface area contributed by atoms with Crippen molar-refractivity contribution in [2.45, 2.75) is 25.5 Å². The first-order valence-electron chi connectivity index (χ1n) is 6.88. The highest BCUT2D eigenvalue weighted by Crippen LogP contribution is 2.18. The standard InChI is InChI=1S/C16H20N2O4/c1-11(9-10-17)13(16(20)22-3)18-15(19)14(21-2)12-7-5-4-6-8-12/h4-8,11,13-14H,9H2,1-3H3,(H,18,19)/t11-,13-,14+/m1/s1. The zero-order valence-corrected chi connectivity index (χ0v) is 12.9. The summed E-state index contributed by atoms with van der Waals surface area (Å²) in [7, 11) is 2.66. The van der Waals surface area contributed by atoms with Crippen LogP contribution < -0.4 is 5.32 Å². The van der Waals surface area contributed by atoms with Crippen molar-refractivity contribution < 1.29 is 19.1 Å². The van der Waals surface area contributed by atoms with Crippen LogP contribution in [0.15, 0.2) is 30.3 Å². The van der Waals surface area contributed by atoms with Gasteiger partial charge in [-0.05, 0) is 5.56 Å². The van der Waals surface area contributed by atoms with Crippen LogP contribution in [0.5, 0.6) is 0 Å². The molecule has 0 unspecified atom stereocenters. The number of esters is 1. The van der Waals surface area contributed by atoms with E-state index in [1.807, 2.05) is 12.1 Å². The van der Waals surface area contributed by atoms with Gasteiger partial charge in [-0.3, -0.25) is 4.79 Å². The minimum atomic E-state index is -0.890. The Morgan fingerprint density at radius 3 is 2.41 bits per heavy atom. The molecule has 0 aromatic heterocycles. The second kappa shape index (κ2) is 8.80. The molecule has 0 aliphatic rings. The molecule has 0 heterocycles. The average Bonchev–Trinajstić information content (AvgIpc) is 2.53. The number of rotatable bonds is 7. The summed E-state index contributed by atoms with van der Waals surface area (Å²) in [4.78, 5) is 24.2. The Morgan fingerprint density at radius 1 is 1.27 bits per heavy atom. The van der Waals surface area contributed by atoms with Crippen LogP contribution in [0.3, 0.4) is 0 Å². The molecule has 1 rings (SSSR count). The van der Waals surface area contributed by atoms with Gasteiger partial charge in [0, 0.05) is 19.4 Å². The van der Waals surface area contributed by atoms with Gasteiger partial charge in [0.05, 0.1) is 13.2 Å². The number of hydrogen-bond donors (Lipinski definition) is 1. The van der Waals surface area contributed by atoms with E-state index in [0.717, 1.165) is 0 Å². The SMILES string of the molecule is COC(=O)[C@H](NC(=O)[C@@H](OC)c1ccccc1)[C@H](C)CC#N. The van der Waals surface area contributed by atoms with E-state index >= 15 is 0 Å². The van der Waals surface area contributed by atoms with Gasteiger partial charge in [0.2, 0.25) is 0 Å². The number of hydrogen-bond acceptors (Lipinski definition) is 5. The largest absolute Gasteiger partial charge is 0.467 e. The number of benzene rings is 1. The Labute approximate surface area is 130 Å². The van der Waals surface area contributed by atoms with E-state index in [9.17, 15) is 9.59 Å². The molecule has 0 saturated carbocycles. The summed E-state index contributed by atoms with van der Waals surface area (Å²) in [6, 6.07) is 10.0. The molecular weight excluding hydrogens is 284 g/mol. The zero-order chi connectivity index (χ0) is 16.5. The van der Waals surface area contributed by atoms with Crippen molar-refractivity contribution in [3.8, 4) is 6.07 Å². The van der Waals surface area contributed by atoms with E-state index < -0.39 is 24.0 Å². The van der Waals surface area contributed by atoms with E-state index in [-0.39, 0.29) is 12.3 Å². The van der Waals surface area contributed by atoms with Crippen molar-refractivity contribution in [3.63, 3.8) is 0 Å². The average molecular weight is 304 g/mol. The molecule has 1 aromatic rings. The van der Waals surface area contributed by atoms with Gasteiger partial charge >= 0.3 is 5.97 Å². The maximum atomic E-state index is 12.4. The third-order valence-corrected chi connectivity index (χ3v) is 3.31. The van der Waals surface area contributed by atoms with E-state index in [2.05, 4.69) is 5.32 Å². The van der Waals surface area contributed by atoms with Gasteiger partial charge in [-0.2, -0.15) is 5.26 Å². The molecule has 0 radical (unpaired) electrons. The van der Waals surface area contributed by atoms with Crippen molar-refractivity contribution in [1.82, 2.24) is 5.32 Å². The first-order chi connectivity index (χ1) is 10.5. The lowest BCUT2D eigenvalue weighted by molar-refractivity contribution is -0.148. The fourth-order valence-corrected chi connectivity index (χ4v) is 2.07. The van der Waals surface area contributed by atoms with Crippen LogP contribution in [-0.2, 0) is 19.1 Å². The van der Waals surface area contributed by atoms with Crippen LogP contribution >= 0.6 is 0 Å². The van der Waals surface area contributed by atoms with Crippen LogP contribution in [0.1, 0.15) is 25.0 Å². The number of nitrogens with one attached hydrogen (secondary N) is 1. The summed E-state index contributed by atoms with van der Waals surface area (Å²) in [5, 5.41) is 11.4. The van der Waals surface area contributed by atoms with Crippen LogP contribution in [-0.4, -0.2) is 32.1 Å². The first kappa shape index (κ1) is 17.7. The van der Waals surface area contributed by atoms with Crippen LogP contribution in [0, 0.1) is 17.2 Å². The maximum absolute atomic E-state index is 12.4. The number of amides is 1. The van der Waals surface area contributed by atoms with Gasteiger partial charge in [-0.1, -0.05) is 37.3 Å². The summed E-state index contributed by atoms with van der Waals surface area (Å²) in [5.41, 5.74) is 0.680. The van der Waals surface area contributed by atoms with Gasteiger partial charge in [0.25, 0.3) is 5.91 Å². The molecule has 1 amide bonds. The normalized spacial score (nSPS) is 14.3. The smallest absolute Gasteiger partial charge is 0.328 e. The predicted octanol–water partition coefficient (Wildman–Crippen LogP) is 1.58. The molecule has 118 valence electrons. The summed E-state index contributed by atoms with van der Waals surface area (Å²) in [6.07, 6.45) is -0.703. The number of methoxy groups -OCH3 is 2. The molecule has 22 heavy (non-hydrogen) atoms. The minimum Gasteiger partial charge on any atom is -0.467 e. The number of ether oxygens (including phenoxy) is 2. The number of carbonyl (C=O) groups is 2. The fourth-order valence-electron chi connectivity index (χ4n) is 2.07. The molecular formula is C16H20N2O4. The topological polar surface area (TPSA) is 88.4 Å². The molecule has 6 nitrogen and oxygen atoms in total. The van der Waals surface area contributed by atoms with Gasteiger partial charge in [-0.15, -0.1) is 0 Å². The lowest BCUT2D eigenvalue weighted by Crippen LogP contribution is -2.47. The lowest BCUT2D eigenvalue weighted by atomic mass is 9.98. The molecule has 0 aliphatic carbocycles. The Hall–Kier alpha value is -2.39. The van der Waals surface area contributed by atoms with E-state index in [1.54, 1.807) is 31.2 Å². The van der Waals surface area contributed by atoms with E-state index in [0.29, 0.717) is 5.56 Å². The Morgan fingerprint density at radius 2 is 1.91 bits per heavy atom. The summed E-state index contributed by atoms with van der Waals surface area (Å²) in [5.74, 6) is -1.40. The van der Waals surface area contributed by atoms with Crippen molar-refractivity contribution >= 4 is 11.9 Å².